The van der Waals surface area contributed by atoms with Gasteiger partial charge in [-0.25, -0.2) is 9.97 Å². The highest BCUT2D eigenvalue weighted by Crippen LogP contribution is 2.44. The van der Waals surface area contributed by atoms with E-state index in [1.165, 1.54) is 0 Å². The zero-order valence-corrected chi connectivity index (χ0v) is 12.4. The highest BCUT2D eigenvalue weighted by molar-refractivity contribution is 5.82. The molecule has 4 N–H and O–H groups in total. The van der Waals surface area contributed by atoms with Crippen LogP contribution in [0.3, 0.4) is 0 Å². The Morgan fingerprint density at radius 1 is 0.800 bits per heavy atom. The minimum atomic E-state index is -0.0140. The summed E-state index contributed by atoms with van der Waals surface area (Å²) in [5.41, 5.74) is 14.6. The van der Waals surface area contributed by atoms with E-state index in [1.54, 1.807) is 0 Å². The van der Waals surface area contributed by atoms with Gasteiger partial charge in [0.05, 0.1) is 11.4 Å². The van der Waals surface area contributed by atoms with Gasteiger partial charge in [-0.05, 0) is 12.8 Å². The Morgan fingerprint density at radius 2 is 1.35 bits per heavy atom. The number of anilines is 2. The molecule has 2 aromatic heterocycles. The van der Waals surface area contributed by atoms with Gasteiger partial charge < -0.3 is 11.5 Å². The van der Waals surface area contributed by atoms with Crippen molar-refractivity contribution < 1.29 is 0 Å². The van der Waals surface area contributed by atoms with E-state index in [-0.39, 0.29) is 16.8 Å². The summed E-state index contributed by atoms with van der Waals surface area (Å²) >= 11 is 0. The summed E-state index contributed by atoms with van der Waals surface area (Å²) in [5.74, 6) is 0.430. The van der Waals surface area contributed by atoms with Crippen LogP contribution in [0.25, 0.3) is 11.2 Å². The number of hydrogen-bond acceptors (Lipinski definition) is 6. The molecule has 0 amide bonds. The molecule has 0 unspecified atom stereocenters. The summed E-state index contributed by atoms with van der Waals surface area (Å²) in [6, 6.07) is 0. The molecule has 2 aromatic rings. The first-order valence-electron chi connectivity index (χ1n) is 6.82. The molecule has 20 heavy (non-hydrogen) atoms. The van der Waals surface area contributed by atoms with E-state index in [0.29, 0.717) is 17.0 Å². The van der Waals surface area contributed by atoms with Crippen LogP contribution in [0.4, 0.5) is 11.8 Å². The van der Waals surface area contributed by atoms with E-state index in [0.717, 1.165) is 24.2 Å². The Morgan fingerprint density at radius 3 is 1.95 bits per heavy atom. The maximum absolute atomic E-state index is 5.91. The highest BCUT2D eigenvalue weighted by atomic mass is 15.1. The summed E-state index contributed by atoms with van der Waals surface area (Å²) in [6.07, 6.45) is 2.14. The Kier molecular flexibility index (Phi) is 2.46. The number of rotatable bonds is 0. The average Bonchev–Trinajstić information content (AvgIpc) is 2.34. The van der Waals surface area contributed by atoms with Crippen molar-refractivity contribution in [1.82, 2.24) is 19.9 Å². The summed E-state index contributed by atoms with van der Waals surface area (Å²) in [5, 5.41) is 0. The fourth-order valence-electron chi connectivity index (χ4n) is 2.79. The molecule has 0 aromatic carbocycles. The lowest BCUT2D eigenvalue weighted by Gasteiger charge is -2.39. The van der Waals surface area contributed by atoms with Crippen molar-refractivity contribution in [2.45, 2.75) is 51.4 Å². The molecule has 6 nitrogen and oxygen atoms in total. The molecule has 1 aliphatic rings. The molecule has 6 heteroatoms. The molecule has 0 radical (unpaired) electrons. The fraction of sp³-hybridized carbons (Fsp3) is 0.571. The summed E-state index contributed by atoms with van der Waals surface area (Å²) in [4.78, 5) is 17.6. The van der Waals surface area contributed by atoms with Crippen LogP contribution in [0.15, 0.2) is 0 Å². The quantitative estimate of drug-likeness (QED) is 0.759. The van der Waals surface area contributed by atoms with Crippen LogP contribution >= 0.6 is 0 Å². The second-order valence-electron chi connectivity index (χ2n) is 6.83. The maximum atomic E-state index is 5.91. The zero-order chi connectivity index (χ0) is 14.7. The van der Waals surface area contributed by atoms with Gasteiger partial charge in [-0.15, -0.1) is 0 Å². The van der Waals surface area contributed by atoms with Gasteiger partial charge in [-0.2, -0.15) is 9.97 Å². The second kappa shape index (κ2) is 3.77. The van der Waals surface area contributed by atoms with Gasteiger partial charge in [0, 0.05) is 10.8 Å². The van der Waals surface area contributed by atoms with Crippen molar-refractivity contribution in [2.24, 2.45) is 0 Å². The zero-order valence-electron chi connectivity index (χ0n) is 12.4. The standard InChI is InChI=1S/C14H20N6/c1-13(2)5-6-14(3,4)9-8(13)17-7-10(15)19-12(16)20-11(7)18-9/h5-6H2,1-4H3,(H4,15,16,18,19,20). The van der Waals surface area contributed by atoms with Crippen molar-refractivity contribution in [3.8, 4) is 0 Å². The lowest BCUT2D eigenvalue weighted by Crippen LogP contribution is -2.36. The van der Waals surface area contributed by atoms with Crippen molar-refractivity contribution in [3.05, 3.63) is 11.4 Å². The molecule has 0 aliphatic heterocycles. The predicted molar refractivity (Wildman–Crippen MR) is 79.2 cm³/mol. The largest absolute Gasteiger partial charge is 0.382 e. The monoisotopic (exact) mass is 272 g/mol. The summed E-state index contributed by atoms with van der Waals surface area (Å²) in [6.45, 7) is 8.76. The smallest absolute Gasteiger partial charge is 0.224 e. The Balaban J connectivity index is 2.39. The Bertz CT molecular complexity index is 704. The summed E-state index contributed by atoms with van der Waals surface area (Å²) < 4.78 is 0. The van der Waals surface area contributed by atoms with Crippen molar-refractivity contribution >= 4 is 22.9 Å². The number of nitrogens with two attached hydrogens (primary N) is 2. The van der Waals surface area contributed by atoms with Crippen LogP contribution in [0, 0.1) is 0 Å². The van der Waals surface area contributed by atoms with Crippen LogP contribution in [0.5, 0.6) is 0 Å². The van der Waals surface area contributed by atoms with Gasteiger partial charge in [0.2, 0.25) is 5.95 Å². The second-order valence-corrected chi connectivity index (χ2v) is 6.83. The van der Waals surface area contributed by atoms with Gasteiger partial charge in [0.15, 0.2) is 17.0 Å². The van der Waals surface area contributed by atoms with Gasteiger partial charge in [0.25, 0.3) is 0 Å². The molecular weight excluding hydrogens is 252 g/mol. The molecule has 1 aliphatic carbocycles. The third kappa shape index (κ3) is 1.78. The van der Waals surface area contributed by atoms with Crippen molar-refractivity contribution in [3.63, 3.8) is 0 Å². The van der Waals surface area contributed by atoms with E-state index in [1.807, 2.05) is 0 Å². The predicted octanol–water partition coefficient (Wildman–Crippen LogP) is 1.93. The van der Waals surface area contributed by atoms with Gasteiger partial charge >= 0.3 is 0 Å². The van der Waals surface area contributed by atoms with E-state index in [2.05, 4.69) is 37.7 Å². The minimum absolute atomic E-state index is 0.0134. The average molecular weight is 272 g/mol. The van der Waals surface area contributed by atoms with Crippen LogP contribution in [0.2, 0.25) is 0 Å². The van der Waals surface area contributed by atoms with Crippen molar-refractivity contribution in [1.29, 1.82) is 0 Å². The van der Waals surface area contributed by atoms with Crippen molar-refractivity contribution in [2.75, 3.05) is 11.5 Å². The first-order valence-corrected chi connectivity index (χ1v) is 6.82. The van der Waals surface area contributed by atoms with E-state index in [9.17, 15) is 0 Å². The van der Waals surface area contributed by atoms with Gasteiger partial charge in [-0.1, -0.05) is 27.7 Å². The maximum Gasteiger partial charge on any atom is 0.224 e. The van der Waals surface area contributed by atoms with Crippen LogP contribution < -0.4 is 11.5 Å². The van der Waals surface area contributed by atoms with Gasteiger partial charge in [0.1, 0.15) is 0 Å². The van der Waals surface area contributed by atoms with E-state index < -0.39 is 0 Å². The number of aromatic nitrogens is 4. The SMILES string of the molecule is CC1(C)CCC(C)(C)c2nc3c(N)nc(N)nc3nc21. The Hall–Kier alpha value is -1.98. The fourth-order valence-corrected chi connectivity index (χ4v) is 2.79. The minimum Gasteiger partial charge on any atom is -0.382 e. The molecule has 3 rings (SSSR count). The topological polar surface area (TPSA) is 104 Å². The first-order chi connectivity index (χ1) is 9.21. The molecule has 106 valence electrons. The van der Waals surface area contributed by atoms with Crippen LogP contribution in [-0.4, -0.2) is 19.9 Å². The van der Waals surface area contributed by atoms with E-state index >= 15 is 0 Å². The van der Waals surface area contributed by atoms with Crippen LogP contribution in [0.1, 0.15) is 51.9 Å². The molecule has 0 atom stereocenters. The molecule has 2 heterocycles. The molecule has 0 fully saturated rings. The molecule has 0 saturated heterocycles. The number of nitrogens with zero attached hydrogens (tertiary/aromatic N) is 4. The highest BCUT2D eigenvalue weighted by Gasteiger charge is 2.40. The number of nitrogen functional groups attached to an aromatic ring is 2. The first kappa shape index (κ1) is 13.0. The molecule has 0 spiro atoms. The lowest BCUT2D eigenvalue weighted by atomic mass is 9.67. The third-order valence-electron chi connectivity index (χ3n) is 4.23. The summed E-state index contributed by atoms with van der Waals surface area (Å²) in [7, 11) is 0. The third-order valence-corrected chi connectivity index (χ3v) is 4.23. The van der Waals surface area contributed by atoms with Gasteiger partial charge in [-0.3, -0.25) is 0 Å². The Labute approximate surface area is 118 Å². The lowest BCUT2D eigenvalue weighted by molar-refractivity contribution is 0.316. The number of fused-ring (bicyclic) bond motifs is 2. The van der Waals surface area contributed by atoms with Crippen LogP contribution in [-0.2, 0) is 10.8 Å². The molecule has 0 saturated carbocycles. The molecule has 0 bridgehead atoms. The molecular formula is C14H20N6. The normalized spacial score (nSPS) is 19.8. The number of hydrogen-bond donors (Lipinski definition) is 2. The van der Waals surface area contributed by atoms with E-state index in [4.69, 9.17) is 21.4 Å².